The molecule has 0 saturated heterocycles. The van der Waals surface area contributed by atoms with Gasteiger partial charge in [0.1, 0.15) is 11.3 Å². The standard InChI is InChI=1S/C12H18N2O3S/c1-3-17-10-6-4-5-9(13)11(10)12(15)14-7-8-18(2)16/h4-6H,3,7-8,13H2,1-2H3,(H,14,15). The van der Waals surface area contributed by atoms with E-state index in [0.29, 0.717) is 35.9 Å². The summed E-state index contributed by atoms with van der Waals surface area (Å²) < 4.78 is 16.3. The molecule has 1 amide bonds. The van der Waals surface area contributed by atoms with E-state index in [1.807, 2.05) is 6.92 Å². The highest BCUT2D eigenvalue weighted by Crippen LogP contribution is 2.24. The van der Waals surface area contributed by atoms with E-state index in [9.17, 15) is 9.00 Å². The van der Waals surface area contributed by atoms with Crippen LogP contribution in [0.1, 0.15) is 17.3 Å². The minimum atomic E-state index is -0.930. The summed E-state index contributed by atoms with van der Waals surface area (Å²) in [5.74, 6) is 0.581. The van der Waals surface area contributed by atoms with Crippen molar-refractivity contribution in [1.82, 2.24) is 5.32 Å². The van der Waals surface area contributed by atoms with Gasteiger partial charge in [-0.1, -0.05) is 6.07 Å². The molecule has 0 aromatic heterocycles. The Morgan fingerprint density at radius 1 is 1.50 bits per heavy atom. The van der Waals surface area contributed by atoms with Crippen molar-refractivity contribution in [2.75, 3.05) is 30.9 Å². The van der Waals surface area contributed by atoms with Crippen molar-refractivity contribution in [1.29, 1.82) is 0 Å². The Balaban J connectivity index is 2.80. The van der Waals surface area contributed by atoms with Crippen LogP contribution in [0.4, 0.5) is 5.69 Å². The fraction of sp³-hybridized carbons (Fsp3) is 0.417. The molecule has 1 unspecified atom stereocenters. The van der Waals surface area contributed by atoms with E-state index in [-0.39, 0.29) is 5.91 Å². The van der Waals surface area contributed by atoms with Crippen molar-refractivity contribution in [2.45, 2.75) is 6.92 Å². The number of carbonyl (C=O) groups excluding carboxylic acids is 1. The molecule has 1 rings (SSSR count). The van der Waals surface area contributed by atoms with Crippen LogP contribution in [0.25, 0.3) is 0 Å². The molecule has 3 N–H and O–H groups in total. The third-order valence-electron chi connectivity index (χ3n) is 2.26. The number of ether oxygens (including phenoxy) is 1. The third kappa shape index (κ3) is 4.03. The van der Waals surface area contributed by atoms with Gasteiger partial charge in [0.2, 0.25) is 0 Å². The Hall–Kier alpha value is -1.56. The molecule has 5 nitrogen and oxygen atoms in total. The second-order valence-corrected chi connectivity index (χ2v) is 5.24. The number of nitrogen functional groups attached to an aromatic ring is 1. The van der Waals surface area contributed by atoms with E-state index in [1.165, 1.54) is 0 Å². The maximum atomic E-state index is 12.0. The van der Waals surface area contributed by atoms with Gasteiger partial charge < -0.3 is 15.8 Å². The Morgan fingerprint density at radius 2 is 2.22 bits per heavy atom. The average molecular weight is 270 g/mol. The first-order chi connectivity index (χ1) is 8.56. The van der Waals surface area contributed by atoms with Crippen LogP contribution in [-0.4, -0.2) is 35.3 Å². The first kappa shape index (κ1) is 14.5. The molecule has 0 saturated carbocycles. The number of benzene rings is 1. The van der Waals surface area contributed by atoms with Gasteiger partial charge in [0.15, 0.2) is 0 Å². The highest BCUT2D eigenvalue weighted by Gasteiger charge is 2.15. The van der Waals surface area contributed by atoms with Crippen molar-refractivity contribution in [3.8, 4) is 5.75 Å². The maximum absolute atomic E-state index is 12.0. The summed E-state index contributed by atoms with van der Waals surface area (Å²) in [6.07, 6.45) is 1.59. The zero-order chi connectivity index (χ0) is 13.5. The largest absolute Gasteiger partial charge is 0.493 e. The smallest absolute Gasteiger partial charge is 0.257 e. The van der Waals surface area contributed by atoms with E-state index >= 15 is 0 Å². The highest BCUT2D eigenvalue weighted by molar-refractivity contribution is 7.84. The molecular weight excluding hydrogens is 252 g/mol. The summed E-state index contributed by atoms with van der Waals surface area (Å²) in [5.41, 5.74) is 6.49. The number of hydrogen-bond acceptors (Lipinski definition) is 4. The molecule has 0 fully saturated rings. The molecule has 6 heteroatoms. The Morgan fingerprint density at radius 3 is 2.83 bits per heavy atom. The van der Waals surface area contributed by atoms with Crippen LogP contribution in [0, 0.1) is 0 Å². The summed E-state index contributed by atoms with van der Waals surface area (Å²) >= 11 is 0. The number of nitrogens with two attached hydrogens (primary N) is 1. The van der Waals surface area contributed by atoms with Crippen LogP contribution < -0.4 is 15.8 Å². The molecule has 0 aliphatic heterocycles. The molecule has 0 aliphatic carbocycles. The van der Waals surface area contributed by atoms with Crippen LogP contribution in [0.5, 0.6) is 5.75 Å². The van der Waals surface area contributed by atoms with Crippen molar-refractivity contribution in [3.63, 3.8) is 0 Å². The van der Waals surface area contributed by atoms with E-state index in [0.717, 1.165) is 0 Å². The first-order valence-corrected chi connectivity index (χ1v) is 7.38. The number of nitrogens with one attached hydrogen (secondary N) is 1. The molecular formula is C12H18N2O3S. The first-order valence-electron chi connectivity index (χ1n) is 5.65. The fourth-order valence-electron chi connectivity index (χ4n) is 1.46. The van der Waals surface area contributed by atoms with Crippen molar-refractivity contribution in [2.24, 2.45) is 0 Å². The molecule has 0 spiro atoms. The average Bonchev–Trinajstić information content (AvgIpc) is 2.28. The van der Waals surface area contributed by atoms with Gasteiger partial charge in [0.25, 0.3) is 5.91 Å². The van der Waals surface area contributed by atoms with Crippen LogP contribution in [0.3, 0.4) is 0 Å². The lowest BCUT2D eigenvalue weighted by atomic mass is 10.1. The molecule has 0 bridgehead atoms. The van der Waals surface area contributed by atoms with E-state index in [1.54, 1.807) is 24.5 Å². The van der Waals surface area contributed by atoms with Gasteiger partial charge in [-0.2, -0.15) is 0 Å². The number of amides is 1. The lowest BCUT2D eigenvalue weighted by molar-refractivity contribution is 0.0953. The Bertz CT molecular complexity index is 449. The van der Waals surface area contributed by atoms with Crippen molar-refractivity contribution < 1.29 is 13.7 Å². The highest BCUT2D eigenvalue weighted by atomic mass is 32.2. The lowest BCUT2D eigenvalue weighted by Gasteiger charge is -2.12. The van der Waals surface area contributed by atoms with Gasteiger partial charge in [0, 0.05) is 35.0 Å². The molecule has 0 aliphatic rings. The molecule has 0 radical (unpaired) electrons. The van der Waals surface area contributed by atoms with Gasteiger partial charge in [0.05, 0.1) is 6.61 Å². The SMILES string of the molecule is CCOc1cccc(N)c1C(=O)NCCS(C)=O. The molecule has 1 aromatic rings. The zero-order valence-corrected chi connectivity index (χ0v) is 11.4. The van der Waals surface area contributed by atoms with Crippen molar-refractivity contribution in [3.05, 3.63) is 23.8 Å². The molecule has 1 aromatic carbocycles. The van der Waals surface area contributed by atoms with E-state index in [2.05, 4.69) is 5.32 Å². The normalized spacial score (nSPS) is 11.9. The number of hydrogen-bond donors (Lipinski definition) is 2. The van der Waals surface area contributed by atoms with Gasteiger partial charge in [-0.15, -0.1) is 0 Å². The molecule has 100 valence electrons. The lowest BCUT2D eigenvalue weighted by Crippen LogP contribution is -2.28. The van der Waals surface area contributed by atoms with Crippen LogP contribution in [0.2, 0.25) is 0 Å². The second kappa shape index (κ2) is 7.00. The molecule has 1 atom stereocenters. The Labute approximate surface area is 109 Å². The predicted octanol–water partition coefficient (Wildman–Crippen LogP) is 0.776. The van der Waals surface area contributed by atoms with Crippen LogP contribution in [-0.2, 0) is 10.8 Å². The van der Waals surface area contributed by atoms with Crippen LogP contribution >= 0.6 is 0 Å². The predicted molar refractivity (Wildman–Crippen MR) is 73.3 cm³/mol. The molecule has 0 heterocycles. The zero-order valence-electron chi connectivity index (χ0n) is 10.6. The van der Waals surface area contributed by atoms with Gasteiger partial charge in [-0.25, -0.2) is 0 Å². The maximum Gasteiger partial charge on any atom is 0.257 e. The monoisotopic (exact) mass is 270 g/mol. The summed E-state index contributed by atoms with van der Waals surface area (Å²) in [6, 6.07) is 5.08. The molecule has 18 heavy (non-hydrogen) atoms. The summed E-state index contributed by atoms with van der Waals surface area (Å²) in [4.78, 5) is 12.0. The number of rotatable bonds is 6. The number of carbonyl (C=O) groups is 1. The fourth-order valence-corrected chi connectivity index (χ4v) is 1.85. The topological polar surface area (TPSA) is 81.4 Å². The summed E-state index contributed by atoms with van der Waals surface area (Å²) in [6.45, 7) is 2.65. The van der Waals surface area contributed by atoms with E-state index < -0.39 is 10.8 Å². The van der Waals surface area contributed by atoms with Gasteiger partial charge in [-0.05, 0) is 19.1 Å². The Kier molecular flexibility index (Phi) is 5.64. The summed E-state index contributed by atoms with van der Waals surface area (Å²) in [7, 11) is -0.930. The minimum absolute atomic E-state index is 0.304. The quantitative estimate of drug-likeness (QED) is 0.748. The van der Waals surface area contributed by atoms with Gasteiger partial charge in [-0.3, -0.25) is 9.00 Å². The van der Waals surface area contributed by atoms with E-state index in [4.69, 9.17) is 10.5 Å². The van der Waals surface area contributed by atoms with Gasteiger partial charge >= 0.3 is 0 Å². The second-order valence-electron chi connectivity index (χ2n) is 3.69. The van der Waals surface area contributed by atoms with Crippen LogP contribution in [0.15, 0.2) is 18.2 Å². The number of anilines is 1. The minimum Gasteiger partial charge on any atom is -0.493 e. The van der Waals surface area contributed by atoms with Crippen molar-refractivity contribution >= 4 is 22.4 Å². The third-order valence-corrected chi connectivity index (χ3v) is 3.04. The summed E-state index contributed by atoms with van der Waals surface area (Å²) in [5, 5.41) is 2.68.